The van der Waals surface area contributed by atoms with E-state index in [1.54, 1.807) is 25.6 Å². The third kappa shape index (κ3) is 5.65. The Labute approximate surface area is 142 Å². The SMILES string of the molecule is CCS(=O)(=O)N1CCC(N(CC(=O)O)C(=O)C(C)CSC)CC1. The number of sulfonamides is 1. The van der Waals surface area contributed by atoms with Crippen molar-refractivity contribution in [3.8, 4) is 0 Å². The zero-order valence-corrected chi connectivity index (χ0v) is 15.5. The van der Waals surface area contributed by atoms with Crippen LogP contribution in [0.15, 0.2) is 0 Å². The number of carbonyl (C=O) groups is 2. The lowest BCUT2D eigenvalue weighted by Crippen LogP contribution is -2.51. The summed E-state index contributed by atoms with van der Waals surface area (Å²) in [6.07, 6.45) is 2.86. The second-order valence-corrected chi connectivity index (χ2v) is 8.92. The number of piperidine rings is 1. The van der Waals surface area contributed by atoms with Gasteiger partial charge in [0.15, 0.2) is 0 Å². The lowest BCUT2D eigenvalue weighted by molar-refractivity contribution is -0.148. The van der Waals surface area contributed by atoms with Gasteiger partial charge < -0.3 is 10.0 Å². The molecule has 1 saturated heterocycles. The quantitative estimate of drug-likeness (QED) is 0.680. The summed E-state index contributed by atoms with van der Waals surface area (Å²) in [5, 5.41) is 9.09. The maximum absolute atomic E-state index is 12.5. The summed E-state index contributed by atoms with van der Waals surface area (Å²) in [6.45, 7) is 3.74. The largest absolute Gasteiger partial charge is 0.480 e. The summed E-state index contributed by atoms with van der Waals surface area (Å²) >= 11 is 1.55. The van der Waals surface area contributed by atoms with Crippen LogP contribution in [0.4, 0.5) is 0 Å². The number of thioether (sulfide) groups is 1. The summed E-state index contributed by atoms with van der Waals surface area (Å²) in [6, 6.07) is -0.216. The number of carboxylic acid groups (broad SMARTS) is 1. The molecule has 1 N–H and O–H groups in total. The van der Waals surface area contributed by atoms with Gasteiger partial charge in [0.2, 0.25) is 15.9 Å². The molecule has 0 aromatic heterocycles. The molecule has 1 aliphatic heterocycles. The van der Waals surface area contributed by atoms with Crippen LogP contribution < -0.4 is 0 Å². The number of amides is 1. The minimum absolute atomic E-state index is 0.0557. The van der Waals surface area contributed by atoms with Gasteiger partial charge in [-0.25, -0.2) is 12.7 Å². The van der Waals surface area contributed by atoms with Gasteiger partial charge in [-0.3, -0.25) is 9.59 Å². The Morgan fingerprint density at radius 2 is 1.91 bits per heavy atom. The normalized spacial score (nSPS) is 18.6. The van der Waals surface area contributed by atoms with Crippen molar-refractivity contribution < 1.29 is 23.1 Å². The van der Waals surface area contributed by atoms with E-state index in [2.05, 4.69) is 0 Å². The number of rotatable bonds is 8. The van der Waals surface area contributed by atoms with Crippen molar-refractivity contribution in [2.45, 2.75) is 32.7 Å². The summed E-state index contributed by atoms with van der Waals surface area (Å²) in [7, 11) is -3.23. The van der Waals surface area contributed by atoms with Gasteiger partial charge in [-0.05, 0) is 26.0 Å². The Bertz CT molecular complexity index is 515. The van der Waals surface area contributed by atoms with Gasteiger partial charge in [0.1, 0.15) is 6.54 Å². The van der Waals surface area contributed by atoms with Crippen LogP contribution in [-0.2, 0) is 19.6 Å². The van der Waals surface area contributed by atoms with Crippen LogP contribution in [0.3, 0.4) is 0 Å². The molecule has 23 heavy (non-hydrogen) atoms. The average Bonchev–Trinajstić information content (AvgIpc) is 2.52. The van der Waals surface area contributed by atoms with Crippen molar-refractivity contribution in [2.24, 2.45) is 5.92 Å². The molecule has 134 valence electrons. The second-order valence-electron chi connectivity index (χ2n) is 5.75. The Morgan fingerprint density at radius 3 is 2.35 bits per heavy atom. The first-order chi connectivity index (χ1) is 10.7. The van der Waals surface area contributed by atoms with E-state index in [0.717, 1.165) is 0 Å². The maximum Gasteiger partial charge on any atom is 0.323 e. The van der Waals surface area contributed by atoms with Crippen LogP contribution >= 0.6 is 11.8 Å². The molecule has 0 saturated carbocycles. The molecule has 1 fully saturated rings. The lowest BCUT2D eigenvalue weighted by atomic mass is 10.0. The Morgan fingerprint density at radius 1 is 1.35 bits per heavy atom. The predicted octanol–water partition coefficient (Wildman–Crippen LogP) is 0.713. The molecular formula is C14H26N2O5S2. The van der Waals surface area contributed by atoms with Crippen molar-refractivity contribution in [2.75, 3.05) is 37.4 Å². The number of hydrogen-bond donors (Lipinski definition) is 1. The molecule has 1 heterocycles. The Balaban J connectivity index is 2.78. The molecule has 0 spiro atoms. The third-order valence-corrected chi connectivity index (χ3v) is 6.76. The third-order valence-electron chi connectivity index (χ3n) is 4.05. The number of nitrogens with zero attached hydrogens (tertiary/aromatic N) is 2. The molecule has 7 nitrogen and oxygen atoms in total. The van der Waals surface area contributed by atoms with E-state index in [-0.39, 0.29) is 30.2 Å². The first-order valence-electron chi connectivity index (χ1n) is 7.72. The Kier molecular flexibility index (Phi) is 7.82. The minimum atomic E-state index is -3.23. The van der Waals surface area contributed by atoms with E-state index in [0.29, 0.717) is 31.7 Å². The average molecular weight is 367 g/mol. The zero-order valence-electron chi connectivity index (χ0n) is 13.9. The molecule has 1 atom stereocenters. The maximum atomic E-state index is 12.5. The molecule has 1 amide bonds. The molecule has 0 aliphatic carbocycles. The van der Waals surface area contributed by atoms with Crippen LogP contribution in [0, 0.1) is 5.92 Å². The molecular weight excluding hydrogens is 340 g/mol. The highest BCUT2D eigenvalue weighted by Gasteiger charge is 2.34. The fourth-order valence-corrected chi connectivity index (χ4v) is 4.53. The van der Waals surface area contributed by atoms with E-state index in [1.165, 1.54) is 9.21 Å². The molecule has 1 rings (SSSR count). The fourth-order valence-electron chi connectivity index (χ4n) is 2.75. The first-order valence-corrected chi connectivity index (χ1v) is 10.7. The van der Waals surface area contributed by atoms with E-state index >= 15 is 0 Å². The topological polar surface area (TPSA) is 95.0 Å². The van der Waals surface area contributed by atoms with Gasteiger partial charge in [0.25, 0.3) is 0 Å². The Hall–Kier alpha value is -0.800. The van der Waals surface area contributed by atoms with Gasteiger partial charge in [-0.2, -0.15) is 11.8 Å². The van der Waals surface area contributed by atoms with Crippen molar-refractivity contribution >= 4 is 33.7 Å². The molecule has 0 radical (unpaired) electrons. The van der Waals surface area contributed by atoms with Crippen molar-refractivity contribution in [1.82, 2.24) is 9.21 Å². The fraction of sp³-hybridized carbons (Fsp3) is 0.857. The second kappa shape index (κ2) is 8.89. The van der Waals surface area contributed by atoms with Crippen LogP contribution in [0.1, 0.15) is 26.7 Å². The first kappa shape index (κ1) is 20.2. The van der Waals surface area contributed by atoms with Crippen molar-refractivity contribution in [3.05, 3.63) is 0 Å². The molecule has 0 bridgehead atoms. The van der Waals surface area contributed by atoms with Crippen LogP contribution in [0.5, 0.6) is 0 Å². The summed E-state index contributed by atoms with van der Waals surface area (Å²) in [4.78, 5) is 25.0. The molecule has 1 unspecified atom stereocenters. The van der Waals surface area contributed by atoms with E-state index in [4.69, 9.17) is 5.11 Å². The van der Waals surface area contributed by atoms with Gasteiger partial charge in [0.05, 0.1) is 5.75 Å². The van der Waals surface area contributed by atoms with Crippen molar-refractivity contribution in [1.29, 1.82) is 0 Å². The molecule has 0 aromatic rings. The predicted molar refractivity (Wildman–Crippen MR) is 91.0 cm³/mol. The number of aliphatic carboxylic acids is 1. The number of carbonyl (C=O) groups excluding carboxylic acids is 1. The summed E-state index contributed by atoms with van der Waals surface area (Å²) in [5.41, 5.74) is 0. The summed E-state index contributed by atoms with van der Waals surface area (Å²) in [5.74, 6) is -0.767. The van der Waals surface area contributed by atoms with E-state index in [1.807, 2.05) is 6.26 Å². The summed E-state index contributed by atoms with van der Waals surface area (Å²) < 4.78 is 25.2. The zero-order chi connectivity index (χ0) is 17.6. The smallest absolute Gasteiger partial charge is 0.323 e. The van der Waals surface area contributed by atoms with Gasteiger partial charge in [-0.1, -0.05) is 6.92 Å². The van der Waals surface area contributed by atoms with Crippen LogP contribution in [0.25, 0.3) is 0 Å². The van der Waals surface area contributed by atoms with Crippen LogP contribution in [-0.4, -0.2) is 78.0 Å². The highest BCUT2D eigenvalue weighted by Crippen LogP contribution is 2.21. The van der Waals surface area contributed by atoms with Gasteiger partial charge in [0, 0.05) is 30.8 Å². The molecule has 1 aliphatic rings. The van der Waals surface area contributed by atoms with Crippen molar-refractivity contribution in [3.63, 3.8) is 0 Å². The number of hydrogen-bond acceptors (Lipinski definition) is 5. The number of carboxylic acids is 1. The van der Waals surface area contributed by atoms with Crippen LogP contribution in [0.2, 0.25) is 0 Å². The monoisotopic (exact) mass is 366 g/mol. The highest BCUT2D eigenvalue weighted by atomic mass is 32.2. The van der Waals surface area contributed by atoms with Gasteiger partial charge >= 0.3 is 5.97 Å². The van der Waals surface area contributed by atoms with Gasteiger partial charge in [-0.15, -0.1) is 0 Å². The minimum Gasteiger partial charge on any atom is -0.480 e. The van der Waals surface area contributed by atoms with E-state index < -0.39 is 16.0 Å². The standard InChI is InChI=1S/C14H26N2O5S2/c1-4-23(20,21)15-7-5-12(6-8-15)16(9-13(17)18)14(19)11(2)10-22-3/h11-12H,4-10H2,1-3H3,(H,17,18). The van der Waals surface area contributed by atoms with E-state index in [9.17, 15) is 18.0 Å². The highest BCUT2D eigenvalue weighted by molar-refractivity contribution is 7.98. The molecule has 0 aromatic carbocycles. The molecule has 9 heteroatoms. The lowest BCUT2D eigenvalue weighted by Gasteiger charge is -2.38.